The summed E-state index contributed by atoms with van der Waals surface area (Å²) in [5, 5.41) is 7.00. The highest BCUT2D eigenvalue weighted by atomic mass is 16.5. The second kappa shape index (κ2) is 5.84. The van der Waals surface area contributed by atoms with E-state index in [1.54, 1.807) is 7.11 Å². The van der Waals surface area contributed by atoms with Crippen molar-refractivity contribution in [2.45, 2.75) is 31.8 Å². The van der Waals surface area contributed by atoms with Gasteiger partial charge in [0.05, 0.1) is 37.2 Å². The van der Waals surface area contributed by atoms with E-state index in [9.17, 15) is 0 Å². The Morgan fingerprint density at radius 2 is 2.00 bits per heavy atom. The number of ether oxygens (including phenoxy) is 2. The summed E-state index contributed by atoms with van der Waals surface area (Å²) in [4.78, 5) is 2.58. The second-order valence-corrected chi connectivity index (χ2v) is 6.87. The highest BCUT2D eigenvalue weighted by Gasteiger charge is 2.48. The van der Waals surface area contributed by atoms with Gasteiger partial charge in [0.2, 0.25) is 0 Å². The van der Waals surface area contributed by atoms with Gasteiger partial charge in [-0.1, -0.05) is 0 Å². The number of hydrogen-bond acceptors (Lipinski definition) is 6. The van der Waals surface area contributed by atoms with E-state index in [1.807, 2.05) is 13.0 Å². The quantitative estimate of drug-likeness (QED) is 0.857. The molecule has 0 spiro atoms. The Morgan fingerprint density at radius 3 is 2.67 bits per heavy atom. The van der Waals surface area contributed by atoms with Gasteiger partial charge < -0.3 is 15.2 Å². The van der Waals surface area contributed by atoms with Gasteiger partial charge in [-0.2, -0.15) is 5.10 Å². The summed E-state index contributed by atoms with van der Waals surface area (Å²) in [6, 6.07) is 4.65. The molecule has 2 atom stereocenters. The maximum Gasteiger partial charge on any atom is 0.183 e. The molecule has 4 heterocycles. The smallest absolute Gasteiger partial charge is 0.183 e. The first-order valence-corrected chi connectivity index (χ1v) is 8.79. The number of benzene rings is 1. The molecule has 6 nitrogen and oxygen atoms in total. The van der Waals surface area contributed by atoms with Crippen LogP contribution in [0.3, 0.4) is 0 Å². The van der Waals surface area contributed by atoms with E-state index in [4.69, 9.17) is 20.3 Å². The van der Waals surface area contributed by atoms with Crippen LogP contribution >= 0.6 is 0 Å². The van der Waals surface area contributed by atoms with Crippen molar-refractivity contribution in [1.82, 2.24) is 9.91 Å². The van der Waals surface area contributed by atoms with Gasteiger partial charge in [-0.05, 0) is 50.6 Å². The average Bonchev–Trinajstić information content (AvgIpc) is 2.94. The molecule has 6 heteroatoms. The van der Waals surface area contributed by atoms with E-state index >= 15 is 0 Å². The van der Waals surface area contributed by atoms with Crippen molar-refractivity contribution in [2.24, 2.45) is 11.0 Å². The molecular formula is C18H26N4O2. The van der Waals surface area contributed by atoms with Gasteiger partial charge in [-0.15, -0.1) is 0 Å². The molecule has 3 saturated heterocycles. The summed E-state index contributed by atoms with van der Waals surface area (Å²) >= 11 is 0. The molecule has 2 bridgehead atoms. The minimum Gasteiger partial charge on any atom is -0.491 e. The summed E-state index contributed by atoms with van der Waals surface area (Å²) < 4.78 is 11.2. The van der Waals surface area contributed by atoms with Crippen LogP contribution in [0.25, 0.3) is 0 Å². The molecule has 0 aliphatic carbocycles. The Hall–Kier alpha value is -1.95. The van der Waals surface area contributed by atoms with Crippen LogP contribution in [0.4, 0.5) is 5.69 Å². The molecule has 130 valence electrons. The maximum absolute atomic E-state index is 6.25. The number of nitrogen functional groups attached to an aromatic ring is 1. The fourth-order valence-electron chi connectivity index (χ4n) is 4.55. The van der Waals surface area contributed by atoms with Crippen molar-refractivity contribution >= 4 is 11.4 Å². The van der Waals surface area contributed by atoms with Gasteiger partial charge in [0.25, 0.3) is 0 Å². The normalized spacial score (nSPS) is 31.0. The molecule has 0 aromatic heterocycles. The van der Waals surface area contributed by atoms with E-state index in [0.717, 1.165) is 5.56 Å². The Balaban J connectivity index is 1.73. The van der Waals surface area contributed by atoms with Crippen LogP contribution in [0.5, 0.6) is 11.5 Å². The fraction of sp³-hybridized carbons (Fsp3) is 0.611. The monoisotopic (exact) mass is 330 g/mol. The van der Waals surface area contributed by atoms with E-state index in [-0.39, 0.29) is 6.04 Å². The van der Waals surface area contributed by atoms with Gasteiger partial charge in [0.15, 0.2) is 11.5 Å². The molecule has 1 aromatic rings. The van der Waals surface area contributed by atoms with Gasteiger partial charge in [-0.3, -0.25) is 9.91 Å². The van der Waals surface area contributed by atoms with Crippen LogP contribution in [-0.2, 0) is 0 Å². The van der Waals surface area contributed by atoms with E-state index in [2.05, 4.69) is 23.0 Å². The molecule has 3 fully saturated rings. The number of hydrogen-bond donors (Lipinski definition) is 1. The number of rotatable bonds is 4. The fourth-order valence-corrected chi connectivity index (χ4v) is 4.55. The molecule has 24 heavy (non-hydrogen) atoms. The molecule has 1 aromatic carbocycles. The first kappa shape index (κ1) is 15.6. The molecule has 4 aliphatic rings. The summed E-state index contributed by atoms with van der Waals surface area (Å²) in [5.74, 6) is 1.98. The SMILES string of the molecule is CCOc1cc(C2C3C(=NN2C)C2CCN3CC2)cc(N)c1OC. The molecule has 2 unspecified atom stereocenters. The van der Waals surface area contributed by atoms with Crippen molar-refractivity contribution in [3.63, 3.8) is 0 Å². The molecule has 4 aliphatic heterocycles. The van der Waals surface area contributed by atoms with Crippen LogP contribution in [-0.4, -0.2) is 55.5 Å². The lowest BCUT2D eigenvalue weighted by molar-refractivity contribution is 0.106. The lowest BCUT2D eigenvalue weighted by atomic mass is 9.78. The first-order chi connectivity index (χ1) is 11.6. The molecule has 5 rings (SSSR count). The average molecular weight is 330 g/mol. The third kappa shape index (κ3) is 2.24. The van der Waals surface area contributed by atoms with Crippen molar-refractivity contribution in [3.05, 3.63) is 17.7 Å². The van der Waals surface area contributed by atoms with Crippen molar-refractivity contribution in [1.29, 1.82) is 0 Å². The van der Waals surface area contributed by atoms with Crippen LogP contribution < -0.4 is 15.2 Å². The van der Waals surface area contributed by atoms with Gasteiger partial charge >= 0.3 is 0 Å². The number of piperidine rings is 3. The summed E-state index contributed by atoms with van der Waals surface area (Å²) in [7, 11) is 3.69. The zero-order chi connectivity index (χ0) is 16.8. The Kier molecular flexibility index (Phi) is 3.79. The summed E-state index contributed by atoms with van der Waals surface area (Å²) in [6.45, 7) is 4.89. The van der Waals surface area contributed by atoms with Crippen LogP contribution in [0.2, 0.25) is 0 Å². The Labute approximate surface area is 143 Å². The number of nitrogens with two attached hydrogens (primary N) is 1. The third-order valence-electron chi connectivity index (χ3n) is 5.57. The molecule has 2 N–H and O–H groups in total. The minimum atomic E-state index is 0.190. The lowest BCUT2D eigenvalue weighted by Gasteiger charge is -2.46. The van der Waals surface area contributed by atoms with Crippen molar-refractivity contribution in [3.8, 4) is 11.5 Å². The second-order valence-electron chi connectivity index (χ2n) is 6.87. The number of anilines is 1. The number of likely N-dealkylation sites (N-methyl/N-ethyl adjacent to an activating group) is 1. The zero-order valence-electron chi connectivity index (χ0n) is 14.7. The number of methoxy groups -OCH3 is 1. The Bertz CT molecular complexity index is 667. The third-order valence-corrected chi connectivity index (χ3v) is 5.57. The summed E-state index contributed by atoms with van der Waals surface area (Å²) in [6.07, 6.45) is 2.48. The first-order valence-electron chi connectivity index (χ1n) is 8.79. The lowest BCUT2D eigenvalue weighted by Crippen LogP contribution is -2.56. The Morgan fingerprint density at radius 1 is 1.25 bits per heavy atom. The molecule has 0 saturated carbocycles. The molecule has 0 amide bonds. The highest BCUT2D eigenvalue weighted by molar-refractivity contribution is 5.95. The van der Waals surface area contributed by atoms with Crippen LogP contribution in [0.1, 0.15) is 31.4 Å². The van der Waals surface area contributed by atoms with Crippen LogP contribution in [0, 0.1) is 5.92 Å². The topological polar surface area (TPSA) is 63.3 Å². The standard InChI is InChI=1S/C18H26N4O2/c1-4-24-14-10-12(9-13(19)18(14)23-3)16-17-15(20-21(16)2)11-5-7-22(17)8-6-11/h9-11,16-17H,4-8,19H2,1-3H3. The minimum absolute atomic E-state index is 0.190. The van der Waals surface area contributed by atoms with Gasteiger partial charge in [0, 0.05) is 13.0 Å². The predicted molar refractivity (Wildman–Crippen MR) is 94.6 cm³/mol. The van der Waals surface area contributed by atoms with E-state index in [0.29, 0.717) is 35.8 Å². The predicted octanol–water partition coefficient (Wildman–Crippen LogP) is 2.11. The number of hydrazone groups is 1. The zero-order valence-corrected chi connectivity index (χ0v) is 14.7. The number of fused-ring (bicyclic) bond motifs is 2. The number of nitrogens with zero attached hydrogens (tertiary/aromatic N) is 3. The van der Waals surface area contributed by atoms with Crippen molar-refractivity contribution < 1.29 is 9.47 Å². The maximum atomic E-state index is 6.25. The van der Waals surface area contributed by atoms with Gasteiger partial charge in [-0.25, -0.2) is 0 Å². The van der Waals surface area contributed by atoms with E-state index in [1.165, 1.54) is 31.6 Å². The summed E-state index contributed by atoms with van der Waals surface area (Å²) in [5.41, 5.74) is 9.37. The highest BCUT2D eigenvalue weighted by Crippen LogP contribution is 2.45. The molecular weight excluding hydrogens is 304 g/mol. The van der Waals surface area contributed by atoms with E-state index < -0.39 is 0 Å². The largest absolute Gasteiger partial charge is 0.491 e. The van der Waals surface area contributed by atoms with Crippen molar-refractivity contribution in [2.75, 3.05) is 39.6 Å². The van der Waals surface area contributed by atoms with Gasteiger partial charge in [0.1, 0.15) is 0 Å². The van der Waals surface area contributed by atoms with Crippen LogP contribution in [0.15, 0.2) is 17.2 Å². The molecule has 0 radical (unpaired) electrons.